The molecule has 3 aromatic rings. The second kappa shape index (κ2) is 9.78. The van der Waals surface area contributed by atoms with E-state index in [1.54, 1.807) is 19.1 Å². The minimum atomic E-state index is -4.87. The van der Waals surface area contributed by atoms with Crippen LogP contribution in [0.3, 0.4) is 0 Å². The van der Waals surface area contributed by atoms with E-state index in [9.17, 15) is 22.8 Å². The van der Waals surface area contributed by atoms with Crippen molar-refractivity contribution in [3.63, 3.8) is 0 Å². The van der Waals surface area contributed by atoms with Crippen LogP contribution in [0.4, 0.5) is 13.2 Å². The van der Waals surface area contributed by atoms with Gasteiger partial charge in [-0.2, -0.15) is 0 Å². The molecule has 1 amide bonds. The molecular formula is C22H16ClF3N2O5. The average Bonchev–Trinajstić information content (AvgIpc) is 2.74. The Kier molecular flexibility index (Phi) is 7.07. The number of carboxylic acids is 1. The fourth-order valence-corrected chi connectivity index (χ4v) is 2.95. The van der Waals surface area contributed by atoms with Gasteiger partial charge in [0.1, 0.15) is 17.1 Å². The zero-order chi connectivity index (χ0) is 24.2. The van der Waals surface area contributed by atoms with Crippen molar-refractivity contribution in [3.05, 3.63) is 82.5 Å². The number of nitrogens with one attached hydrogen (secondary N) is 1. The van der Waals surface area contributed by atoms with Gasteiger partial charge in [-0.1, -0.05) is 29.8 Å². The van der Waals surface area contributed by atoms with Gasteiger partial charge in [0, 0.05) is 12.3 Å². The molecule has 0 bridgehead atoms. The molecule has 0 unspecified atom stereocenters. The SMILES string of the molecule is C[C@H](NC(=O)c1cc(Cl)cnc1Oc1cccc(OC(F)(F)F)c1)c1ccc(C(=O)O)cc1. The van der Waals surface area contributed by atoms with Gasteiger partial charge in [-0.05, 0) is 42.8 Å². The number of aromatic carboxylic acids is 1. The first-order chi connectivity index (χ1) is 15.5. The van der Waals surface area contributed by atoms with Crippen LogP contribution in [0.5, 0.6) is 17.4 Å². The summed E-state index contributed by atoms with van der Waals surface area (Å²) >= 11 is 5.96. The highest BCUT2D eigenvalue weighted by Gasteiger charge is 2.31. The molecule has 0 saturated carbocycles. The number of aromatic nitrogens is 1. The number of pyridine rings is 1. The van der Waals surface area contributed by atoms with Gasteiger partial charge < -0.3 is 19.9 Å². The summed E-state index contributed by atoms with van der Waals surface area (Å²) in [4.78, 5) is 27.8. The molecule has 1 aromatic heterocycles. The van der Waals surface area contributed by atoms with E-state index in [4.69, 9.17) is 21.4 Å². The van der Waals surface area contributed by atoms with Crippen molar-refractivity contribution >= 4 is 23.5 Å². The van der Waals surface area contributed by atoms with Gasteiger partial charge in [0.15, 0.2) is 0 Å². The summed E-state index contributed by atoms with van der Waals surface area (Å²) in [5, 5.41) is 11.8. The molecule has 172 valence electrons. The van der Waals surface area contributed by atoms with E-state index in [-0.39, 0.29) is 27.8 Å². The lowest BCUT2D eigenvalue weighted by Crippen LogP contribution is -2.27. The summed E-state index contributed by atoms with van der Waals surface area (Å²) in [5.41, 5.74) is 0.685. The quantitative estimate of drug-likeness (QED) is 0.456. The Labute approximate surface area is 190 Å². The third-order valence-corrected chi connectivity index (χ3v) is 4.53. The highest BCUT2D eigenvalue weighted by atomic mass is 35.5. The van der Waals surface area contributed by atoms with Crippen LogP contribution >= 0.6 is 11.6 Å². The molecule has 0 aliphatic heterocycles. The van der Waals surface area contributed by atoms with Crippen molar-refractivity contribution in [2.45, 2.75) is 19.3 Å². The van der Waals surface area contributed by atoms with Gasteiger partial charge in [0.2, 0.25) is 5.88 Å². The van der Waals surface area contributed by atoms with E-state index in [1.165, 1.54) is 36.5 Å². The molecular weight excluding hydrogens is 465 g/mol. The van der Waals surface area contributed by atoms with Crippen molar-refractivity contribution in [3.8, 4) is 17.4 Å². The van der Waals surface area contributed by atoms with Crippen molar-refractivity contribution in [1.82, 2.24) is 10.3 Å². The van der Waals surface area contributed by atoms with Crippen molar-refractivity contribution in [2.24, 2.45) is 0 Å². The number of nitrogens with zero attached hydrogens (tertiary/aromatic N) is 1. The Bertz CT molecular complexity index is 1170. The van der Waals surface area contributed by atoms with E-state index in [2.05, 4.69) is 15.0 Å². The molecule has 1 heterocycles. The maximum Gasteiger partial charge on any atom is 0.573 e. The summed E-state index contributed by atoms with van der Waals surface area (Å²) in [6.07, 6.45) is -3.65. The Morgan fingerprint density at radius 2 is 1.76 bits per heavy atom. The molecule has 11 heteroatoms. The molecule has 0 aliphatic carbocycles. The topological polar surface area (TPSA) is 97.8 Å². The maximum atomic E-state index is 12.9. The number of carbonyl (C=O) groups excluding carboxylic acids is 1. The second-order valence-electron chi connectivity index (χ2n) is 6.75. The number of alkyl halides is 3. The fraction of sp³-hybridized carbons (Fsp3) is 0.136. The number of amides is 1. The minimum absolute atomic E-state index is 0.0436. The van der Waals surface area contributed by atoms with Crippen molar-refractivity contribution < 1.29 is 37.3 Å². The summed E-state index contributed by atoms with van der Waals surface area (Å²) in [7, 11) is 0. The Balaban J connectivity index is 1.80. The van der Waals surface area contributed by atoms with E-state index in [0.29, 0.717) is 5.56 Å². The van der Waals surface area contributed by atoms with Gasteiger partial charge in [-0.25, -0.2) is 9.78 Å². The number of carbonyl (C=O) groups is 2. The number of rotatable bonds is 7. The van der Waals surface area contributed by atoms with Crippen LogP contribution in [0.2, 0.25) is 5.02 Å². The van der Waals surface area contributed by atoms with E-state index in [0.717, 1.165) is 12.1 Å². The second-order valence-corrected chi connectivity index (χ2v) is 7.19. The van der Waals surface area contributed by atoms with Gasteiger partial charge in [0.05, 0.1) is 16.6 Å². The van der Waals surface area contributed by atoms with Crippen LogP contribution in [0, 0.1) is 0 Å². The summed E-state index contributed by atoms with van der Waals surface area (Å²) < 4.78 is 46.8. The zero-order valence-corrected chi connectivity index (χ0v) is 17.6. The third kappa shape index (κ3) is 6.59. The third-order valence-electron chi connectivity index (χ3n) is 4.32. The smallest absolute Gasteiger partial charge is 0.478 e. The molecule has 33 heavy (non-hydrogen) atoms. The predicted molar refractivity (Wildman–Crippen MR) is 112 cm³/mol. The number of hydrogen-bond acceptors (Lipinski definition) is 5. The Morgan fingerprint density at radius 3 is 2.39 bits per heavy atom. The van der Waals surface area contributed by atoms with Crippen LogP contribution < -0.4 is 14.8 Å². The first-order valence-electron chi connectivity index (χ1n) is 9.35. The fourth-order valence-electron chi connectivity index (χ4n) is 2.79. The molecule has 2 aromatic carbocycles. The van der Waals surface area contributed by atoms with E-state index < -0.39 is 30.0 Å². The first-order valence-corrected chi connectivity index (χ1v) is 9.73. The molecule has 7 nitrogen and oxygen atoms in total. The lowest BCUT2D eigenvalue weighted by molar-refractivity contribution is -0.274. The lowest BCUT2D eigenvalue weighted by Gasteiger charge is -2.16. The number of ether oxygens (including phenoxy) is 2. The first kappa shape index (κ1) is 23.9. The molecule has 3 rings (SSSR count). The minimum Gasteiger partial charge on any atom is -0.478 e. The van der Waals surface area contributed by atoms with E-state index >= 15 is 0 Å². The predicted octanol–water partition coefficient (Wildman–Crippen LogP) is 5.62. The van der Waals surface area contributed by atoms with E-state index in [1.807, 2.05) is 0 Å². The standard InChI is InChI=1S/C22H16ClF3N2O5/c1-12(13-5-7-14(8-6-13)21(30)31)28-19(29)18-9-15(23)11-27-20(18)32-16-3-2-4-17(10-16)33-22(24,25)26/h2-12H,1H3,(H,28,29)(H,30,31)/t12-/m0/s1. The highest BCUT2D eigenvalue weighted by molar-refractivity contribution is 6.30. The highest BCUT2D eigenvalue weighted by Crippen LogP contribution is 2.30. The Morgan fingerprint density at radius 1 is 1.09 bits per heavy atom. The molecule has 2 N–H and O–H groups in total. The number of carboxylic acid groups (broad SMARTS) is 1. The van der Waals surface area contributed by atoms with Gasteiger partial charge >= 0.3 is 12.3 Å². The normalized spacial score (nSPS) is 12.0. The van der Waals surface area contributed by atoms with Crippen LogP contribution in [0.15, 0.2) is 60.8 Å². The number of hydrogen-bond donors (Lipinski definition) is 2. The molecule has 0 radical (unpaired) electrons. The monoisotopic (exact) mass is 480 g/mol. The summed E-state index contributed by atoms with van der Waals surface area (Å²) in [6.45, 7) is 1.68. The van der Waals surface area contributed by atoms with Gasteiger partial charge in [-0.15, -0.1) is 13.2 Å². The zero-order valence-electron chi connectivity index (χ0n) is 16.9. The summed E-state index contributed by atoms with van der Waals surface area (Å²) in [6, 6.07) is 11.5. The van der Waals surface area contributed by atoms with Gasteiger partial charge in [0.25, 0.3) is 5.91 Å². The van der Waals surface area contributed by atoms with Crippen LogP contribution in [-0.2, 0) is 0 Å². The number of benzene rings is 2. The average molecular weight is 481 g/mol. The number of halogens is 4. The molecule has 1 atom stereocenters. The van der Waals surface area contributed by atoms with Crippen LogP contribution in [-0.4, -0.2) is 28.3 Å². The Hall–Kier alpha value is -3.79. The summed E-state index contributed by atoms with van der Waals surface area (Å²) in [5.74, 6) is -2.42. The largest absolute Gasteiger partial charge is 0.573 e. The van der Waals surface area contributed by atoms with Crippen molar-refractivity contribution in [2.75, 3.05) is 0 Å². The van der Waals surface area contributed by atoms with Gasteiger partial charge in [-0.3, -0.25) is 4.79 Å². The van der Waals surface area contributed by atoms with Crippen LogP contribution in [0.25, 0.3) is 0 Å². The lowest BCUT2D eigenvalue weighted by atomic mass is 10.1. The molecule has 0 aliphatic rings. The maximum absolute atomic E-state index is 12.9. The molecule has 0 spiro atoms. The van der Waals surface area contributed by atoms with Crippen LogP contribution in [0.1, 0.15) is 39.2 Å². The van der Waals surface area contributed by atoms with Crippen molar-refractivity contribution in [1.29, 1.82) is 0 Å². The molecule has 0 saturated heterocycles. The molecule has 0 fully saturated rings.